The Morgan fingerprint density at radius 2 is 1.83 bits per heavy atom. The summed E-state index contributed by atoms with van der Waals surface area (Å²) in [6, 6.07) is 11.4. The van der Waals surface area contributed by atoms with E-state index in [0.717, 1.165) is 11.1 Å². The minimum Gasteiger partial charge on any atom is -0.478 e. The molecule has 0 fully saturated rings. The van der Waals surface area contributed by atoms with Crippen LogP contribution >= 0.6 is 11.6 Å². The third kappa shape index (κ3) is 4.46. The van der Waals surface area contributed by atoms with Gasteiger partial charge in [-0.25, -0.2) is 9.48 Å². The molecule has 0 aliphatic heterocycles. The van der Waals surface area contributed by atoms with Gasteiger partial charge < -0.3 is 15.2 Å². The van der Waals surface area contributed by atoms with Crippen molar-refractivity contribution in [3.63, 3.8) is 0 Å². The van der Waals surface area contributed by atoms with E-state index < -0.39 is 5.97 Å². The maximum atomic E-state index is 13.0. The van der Waals surface area contributed by atoms with E-state index in [1.165, 1.54) is 16.8 Å². The van der Waals surface area contributed by atoms with Crippen molar-refractivity contribution in [1.82, 2.24) is 15.1 Å². The molecule has 0 bridgehead atoms. The number of ether oxygens (including phenoxy) is 1. The Labute approximate surface area is 179 Å². The number of carbonyl (C=O) groups is 2. The first-order valence-corrected chi connectivity index (χ1v) is 9.67. The molecule has 2 N–H and O–H groups in total. The summed E-state index contributed by atoms with van der Waals surface area (Å²) in [6.07, 6.45) is 0. The van der Waals surface area contributed by atoms with Gasteiger partial charge in [-0.1, -0.05) is 29.8 Å². The zero-order valence-corrected chi connectivity index (χ0v) is 17.8. The van der Waals surface area contributed by atoms with E-state index in [1.807, 2.05) is 19.9 Å². The molecule has 3 aromatic rings. The van der Waals surface area contributed by atoms with Crippen LogP contribution in [0.2, 0.25) is 5.02 Å². The number of aromatic nitrogens is 2. The van der Waals surface area contributed by atoms with Gasteiger partial charge in [0.2, 0.25) is 5.88 Å². The van der Waals surface area contributed by atoms with Gasteiger partial charge in [0.1, 0.15) is 11.3 Å². The Balaban J connectivity index is 1.84. The lowest BCUT2D eigenvalue weighted by atomic mass is 10.1. The van der Waals surface area contributed by atoms with Crippen LogP contribution in [0.15, 0.2) is 42.5 Å². The van der Waals surface area contributed by atoms with E-state index in [-0.39, 0.29) is 23.4 Å². The number of nitrogens with one attached hydrogen (secondary N) is 1. The van der Waals surface area contributed by atoms with Crippen LogP contribution in [-0.4, -0.2) is 26.8 Å². The molecule has 1 atom stereocenters. The molecule has 1 aromatic heterocycles. The number of benzene rings is 2. The fourth-order valence-corrected chi connectivity index (χ4v) is 3.35. The van der Waals surface area contributed by atoms with Crippen LogP contribution < -0.4 is 10.1 Å². The van der Waals surface area contributed by atoms with Crippen molar-refractivity contribution in [2.45, 2.75) is 26.8 Å². The summed E-state index contributed by atoms with van der Waals surface area (Å²) in [7, 11) is 1.69. The normalized spacial score (nSPS) is 11.8. The van der Waals surface area contributed by atoms with Crippen LogP contribution in [-0.2, 0) is 7.05 Å². The van der Waals surface area contributed by atoms with Gasteiger partial charge in [-0.05, 0) is 56.2 Å². The van der Waals surface area contributed by atoms with E-state index in [1.54, 1.807) is 38.2 Å². The van der Waals surface area contributed by atoms with E-state index in [0.29, 0.717) is 22.0 Å². The fourth-order valence-electron chi connectivity index (χ4n) is 3.07. The van der Waals surface area contributed by atoms with Gasteiger partial charge in [0.25, 0.3) is 5.91 Å². The average molecular weight is 428 g/mol. The highest BCUT2D eigenvalue weighted by Crippen LogP contribution is 2.33. The second-order valence-corrected chi connectivity index (χ2v) is 7.45. The van der Waals surface area contributed by atoms with Gasteiger partial charge in [0.05, 0.1) is 22.3 Å². The minimum absolute atomic E-state index is 0.186. The quantitative estimate of drug-likeness (QED) is 0.596. The standard InChI is InChI=1S/C22H22ClN3O4/c1-12-5-10-18(17(23)11-12)30-21-19(14(3)25-26(21)4)20(27)24-13(2)15-6-8-16(9-7-15)22(28)29/h5-11,13H,1-4H3,(H,24,27)(H,28,29)/t13-/m0/s1. The third-order valence-corrected chi connectivity index (χ3v) is 4.99. The fraction of sp³-hybridized carbons (Fsp3) is 0.227. The van der Waals surface area contributed by atoms with Gasteiger partial charge in [0.15, 0.2) is 0 Å². The number of carboxylic acid groups (broad SMARTS) is 1. The summed E-state index contributed by atoms with van der Waals surface area (Å²) in [6.45, 7) is 5.47. The highest BCUT2D eigenvalue weighted by molar-refractivity contribution is 6.32. The van der Waals surface area contributed by atoms with Crippen molar-refractivity contribution in [2.75, 3.05) is 0 Å². The molecule has 0 aliphatic rings. The number of nitrogens with zero attached hydrogens (tertiary/aromatic N) is 2. The van der Waals surface area contributed by atoms with Crippen molar-refractivity contribution in [2.24, 2.45) is 7.05 Å². The first-order chi connectivity index (χ1) is 14.2. The Morgan fingerprint density at radius 1 is 1.17 bits per heavy atom. The highest BCUT2D eigenvalue weighted by atomic mass is 35.5. The smallest absolute Gasteiger partial charge is 0.335 e. The Morgan fingerprint density at radius 3 is 2.43 bits per heavy atom. The van der Waals surface area contributed by atoms with Gasteiger partial charge in [-0.3, -0.25) is 4.79 Å². The van der Waals surface area contributed by atoms with Crippen LogP contribution in [0.3, 0.4) is 0 Å². The number of aryl methyl sites for hydroxylation is 3. The summed E-state index contributed by atoms with van der Waals surface area (Å²) in [5.41, 5.74) is 2.78. The van der Waals surface area contributed by atoms with E-state index in [4.69, 9.17) is 21.4 Å². The second-order valence-electron chi connectivity index (χ2n) is 7.05. The van der Waals surface area contributed by atoms with E-state index in [9.17, 15) is 9.59 Å². The number of aromatic carboxylic acids is 1. The first-order valence-electron chi connectivity index (χ1n) is 9.29. The zero-order chi connectivity index (χ0) is 22.0. The van der Waals surface area contributed by atoms with Crippen molar-refractivity contribution in [3.05, 3.63) is 75.4 Å². The molecule has 156 valence electrons. The van der Waals surface area contributed by atoms with Crippen molar-refractivity contribution < 1.29 is 19.4 Å². The van der Waals surface area contributed by atoms with Gasteiger partial charge in [0, 0.05) is 7.05 Å². The van der Waals surface area contributed by atoms with Gasteiger partial charge in [-0.2, -0.15) is 5.10 Å². The number of hydrogen-bond donors (Lipinski definition) is 2. The zero-order valence-electron chi connectivity index (χ0n) is 17.1. The van der Waals surface area contributed by atoms with E-state index in [2.05, 4.69) is 10.4 Å². The van der Waals surface area contributed by atoms with Crippen LogP contribution in [0.4, 0.5) is 0 Å². The van der Waals surface area contributed by atoms with Crippen LogP contribution in [0.1, 0.15) is 50.5 Å². The summed E-state index contributed by atoms with van der Waals surface area (Å²) in [4.78, 5) is 24.0. The molecule has 2 aromatic carbocycles. The minimum atomic E-state index is -0.999. The molecule has 0 radical (unpaired) electrons. The average Bonchev–Trinajstić information content (AvgIpc) is 2.97. The molecule has 8 heteroatoms. The Kier molecular flexibility index (Phi) is 6.12. The Hall–Kier alpha value is -3.32. The Bertz CT molecular complexity index is 1110. The van der Waals surface area contributed by atoms with Gasteiger partial charge in [-0.15, -0.1) is 0 Å². The summed E-state index contributed by atoms with van der Waals surface area (Å²) < 4.78 is 7.43. The number of halogens is 1. The third-order valence-electron chi connectivity index (χ3n) is 4.70. The lowest BCUT2D eigenvalue weighted by molar-refractivity contribution is 0.0696. The lowest BCUT2D eigenvalue weighted by Gasteiger charge is -2.16. The maximum Gasteiger partial charge on any atom is 0.335 e. The van der Waals surface area contributed by atoms with Crippen LogP contribution in [0.5, 0.6) is 11.6 Å². The SMILES string of the molecule is Cc1ccc(Oc2c(C(=O)N[C@@H](C)c3ccc(C(=O)O)cc3)c(C)nn2C)c(Cl)c1. The highest BCUT2D eigenvalue weighted by Gasteiger charge is 2.24. The number of carboxylic acids is 1. The molecule has 0 aliphatic carbocycles. The molecule has 1 heterocycles. The molecule has 7 nitrogen and oxygen atoms in total. The molecular weight excluding hydrogens is 406 g/mol. The molecule has 1 amide bonds. The number of carbonyl (C=O) groups excluding carboxylic acids is 1. The van der Waals surface area contributed by atoms with Gasteiger partial charge >= 0.3 is 5.97 Å². The predicted molar refractivity (Wildman–Crippen MR) is 113 cm³/mol. The van der Waals surface area contributed by atoms with Crippen LogP contribution in [0, 0.1) is 13.8 Å². The van der Waals surface area contributed by atoms with E-state index >= 15 is 0 Å². The number of hydrogen-bond acceptors (Lipinski definition) is 4. The molecular formula is C22H22ClN3O4. The molecule has 0 unspecified atom stereocenters. The lowest BCUT2D eigenvalue weighted by Crippen LogP contribution is -2.27. The topological polar surface area (TPSA) is 93.4 Å². The first kappa shape index (κ1) is 21.4. The summed E-state index contributed by atoms with van der Waals surface area (Å²) in [5.74, 6) is -0.643. The monoisotopic (exact) mass is 427 g/mol. The number of rotatable bonds is 6. The van der Waals surface area contributed by atoms with Crippen molar-refractivity contribution in [3.8, 4) is 11.6 Å². The predicted octanol–water partition coefficient (Wildman–Crippen LogP) is 4.67. The molecule has 3 rings (SSSR count). The largest absolute Gasteiger partial charge is 0.478 e. The maximum absolute atomic E-state index is 13.0. The molecule has 0 saturated heterocycles. The number of amides is 1. The van der Waals surface area contributed by atoms with Crippen molar-refractivity contribution in [1.29, 1.82) is 0 Å². The van der Waals surface area contributed by atoms with Crippen molar-refractivity contribution >= 4 is 23.5 Å². The molecule has 30 heavy (non-hydrogen) atoms. The summed E-state index contributed by atoms with van der Waals surface area (Å²) in [5, 5.41) is 16.7. The molecule has 0 spiro atoms. The second kappa shape index (κ2) is 8.59. The van der Waals surface area contributed by atoms with Crippen LogP contribution in [0.25, 0.3) is 0 Å². The molecule has 0 saturated carbocycles. The summed E-state index contributed by atoms with van der Waals surface area (Å²) >= 11 is 6.27.